The van der Waals surface area contributed by atoms with Crippen molar-refractivity contribution in [3.8, 4) is 0 Å². The third-order valence-corrected chi connectivity index (χ3v) is 2.08. The van der Waals surface area contributed by atoms with Crippen molar-refractivity contribution in [3.05, 3.63) is 42.7 Å². The zero-order chi connectivity index (χ0) is 13.6. The number of carbonyl (C=O) groups is 1. The fourth-order valence-electron chi connectivity index (χ4n) is 1.40. The summed E-state index contributed by atoms with van der Waals surface area (Å²) in [6, 6.07) is 6.14. The highest BCUT2D eigenvalue weighted by Crippen LogP contribution is 2.15. The first-order chi connectivity index (χ1) is 8.42. The van der Waals surface area contributed by atoms with E-state index in [1.807, 2.05) is 20.8 Å². The molecule has 0 saturated heterocycles. The molecule has 0 aliphatic rings. The average Bonchev–Trinajstić information content (AvgIpc) is 2.27. The minimum Gasteiger partial charge on any atom is -0.444 e. The first-order valence-corrected chi connectivity index (χ1v) is 5.85. The van der Waals surface area contributed by atoms with Crippen molar-refractivity contribution >= 4 is 6.09 Å². The fraction of sp³-hybridized carbons (Fsp3) is 0.429. The van der Waals surface area contributed by atoms with E-state index in [0.29, 0.717) is 6.42 Å². The van der Waals surface area contributed by atoms with E-state index in [1.54, 1.807) is 24.4 Å². The van der Waals surface area contributed by atoms with E-state index in [-0.39, 0.29) is 6.04 Å². The number of hydrogen-bond acceptors (Lipinski definition) is 3. The molecule has 0 bridgehead atoms. The van der Waals surface area contributed by atoms with E-state index < -0.39 is 11.7 Å². The van der Waals surface area contributed by atoms with Crippen LogP contribution in [0.5, 0.6) is 0 Å². The molecule has 97 valence electrons. The second-order valence-corrected chi connectivity index (χ2v) is 4.90. The minimum atomic E-state index is -0.515. The molecule has 4 nitrogen and oxygen atoms in total. The van der Waals surface area contributed by atoms with Crippen molar-refractivity contribution < 1.29 is 9.53 Å². The van der Waals surface area contributed by atoms with Gasteiger partial charge in [0.1, 0.15) is 5.60 Å². The van der Waals surface area contributed by atoms with Gasteiger partial charge in [0.2, 0.25) is 0 Å². The maximum atomic E-state index is 11.7. The first-order valence-electron chi connectivity index (χ1n) is 5.85. The van der Waals surface area contributed by atoms with E-state index >= 15 is 0 Å². The van der Waals surface area contributed by atoms with Crippen molar-refractivity contribution in [1.82, 2.24) is 10.3 Å². The van der Waals surface area contributed by atoms with E-state index in [4.69, 9.17) is 4.74 Å². The van der Waals surface area contributed by atoms with Gasteiger partial charge in [0.25, 0.3) is 0 Å². The van der Waals surface area contributed by atoms with E-state index in [1.165, 1.54) is 0 Å². The highest BCUT2D eigenvalue weighted by atomic mass is 16.6. The minimum absolute atomic E-state index is 0.241. The molecule has 4 heteroatoms. The number of ether oxygens (including phenoxy) is 1. The molecule has 1 heterocycles. The van der Waals surface area contributed by atoms with Gasteiger partial charge in [0.05, 0.1) is 11.7 Å². The monoisotopic (exact) mass is 247 g/mol. The highest BCUT2D eigenvalue weighted by Gasteiger charge is 2.20. The molecule has 1 N–H and O–H groups in total. The molecule has 1 amide bonds. The van der Waals surface area contributed by atoms with Crippen molar-refractivity contribution in [2.24, 2.45) is 0 Å². The second kappa shape index (κ2) is 6.19. The summed E-state index contributed by atoms with van der Waals surface area (Å²) >= 11 is 0. The van der Waals surface area contributed by atoms with Crippen molar-refractivity contribution in [1.29, 1.82) is 0 Å². The molecular weight excluding hydrogens is 228 g/mol. The van der Waals surface area contributed by atoms with Crippen LogP contribution in [0.2, 0.25) is 0 Å². The number of nitrogens with one attached hydrogen (secondary N) is 1. The Bertz CT molecular complexity index is 396. The molecule has 1 atom stereocenters. The molecular formula is C14H19N2O2. The SMILES string of the molecule is C=CCC(NC(=O)OC(C)(C)C)c1c[c]ccn1. The molecule has 1 aromatic rings. The van der Waals surface area contributed by atoms with Crippen LogP contribution in [0.25, 0.3) is 0 Å². The number of nitrogens with zero attached hydrogens (tertiary/aromatic N) is 1. The number of rotatable bonds is 4. The summed E-state index contributed by atoms with van der Waals surface area (Å²) < 4.78 is 5.21. The van der Waals surface area contributed by atoms with Crippen LogP contribution in [0.3, 0.4) is 0 Å². The van der Waals surface area contributed by atoms with Gasteiger partial charge in [-0.15, -0.1) is 6.58 Å². The van der Waals surface area contributed by atoms with Crippen molar-refractivity contribution in [2.45, 2.75) is 38.8 Å². The number of pyridine rings is 1. The number of aromatic nitrogens is 1. The van der Waals surface area contributed by atoms with Crippen LogP contribution in [-0.4, -0.2) is 16.7 Å². The summed E-state index contributed by atoms with van der Waals surface area (Å²) in [7, 11) is 0. The Morgan fingerprint density at radius 1 is 1.67 bits per heavy atom. The van der Waals surface area contributed by atoms with E-state index in [9.17, 15) is 4.79 Å². The predicted octanol–water partition coefficient (Wildman–Crippen LogP) is 3.02. The summed E-state index contributed by atoms with van der Waals surface area (Å²) in [5, 5.41) is 2.78. The Kier molecular flexibility index (Phi) is 4.89. The van der Waals surface area contributed by atoms with Crippen LogP contribution in [0.4, 0.5) is 4.79 Å². The van der Waals surface area contributed by atoms with Gasteiger partial charge in [-0.2, -0.15) is 0 Å². The average molecular weight is 247 g/mol. The van der Waals surface area contributed by atoms with Gasteiger partial charge in [-0.05, 0) is 45.4 Å². The van der Waals surface area contributed by atoms with Gasteiger partial charge in [-0.25, -0.2) is 4.79 Å². The standard InChI is InChI=1S/C14H19N2O2/c1-5-8-12(11-9-6-7-10-15-11)16-13(17)18-14(2,3)4/h5,7,9-10,12H,1,8H2,2-4H3,(H,16,17). The summed E-state index contributed by atoms with van der Waals surface area (Å²) in [5.41, 5.74) is 0.224. The molecule has 0 aromatic carbocycles. The fourth-order valence-corrected chi connectivity index (χ4v) is 1.40. The van der Waals surface area contributed by atoms with Crippen LogP contribution in [0, 0.1) is 6.07 Å². The number of hydrogen-bond donors (Lipinski definition) is 1. The van der Waals surface area contributed by atoms with Crippen LogP contribution >= 0.6 is 0 Å². The van der Waals surface area contributed by atoms with E-state index in [0.717, 1.165) is 5.69 Å². The molecule has 0 spiro atoms. The topological polar surface area (TPSA) is 51.2 Å². The summed E-state index contributed by atoms with van der Waals surface area (Å²) in [6.45, 7) is 9.15. The van der Waals surface area contributed by atoms with Crippen molar-refractivity contribution in [3.63, 3.8) is 0 Å². The summed E-state index contributed by atoms with van der Waals surface area (Å²) in [4.78, 5) is 15.9. The zero-order valence-corrected chi connectivity index (χ0v) is 11.1. The van der Waals surface area contributed by atoms with Gasteiger partial charge < -0.3 is 10.1 Å². The van der Waals surface area contributed by atoms with E-state index in [2.05, 4.69) is 22.9 Å². The number of carbonyl (C=O) groups excluding carboxylic acids is 1. The van der Waals surface area contributed by atoms with Gasteiger partial charge in [0.15, 0.2) is 0 Å². The van der Waals surface area contributed by atoms with Gasteiger partial charge in [0, 0.05) is 6.20 Å². The second-order valence-electron chi connectivity index (χ2n) is 4.90. The Balaban J connectivity index is 2.70. The number of amides is 1. The van der Waals surface area contributed by atoms with Crippen LogP contribution in [0.15, 0.2) is 31.0 Å². The normalized spacial score (nSPS) is 12.6. The van der Waals surface area contributed by atoms with Gasteiger partial charge in [-0.3, -0.25) is 4.98 Å². The molecule has 0 saturated carbocycles. The lowest BCUT2D eigenvalue weighted by atomic mass is 10.1. The predicted molar refractivity (Wildman–Crippen MR) is 70.0 cm³/mol. The maximum Gasteiger partial charge on any atom is 0.408 e. The van der Waals surface area contributed by atoms with Crippen LogP contribution in [0.1, 0.15) is 38.9 Å². The van der Waals surface area contributed by atoms with Gasteiger partial charge in [-0.1, -0.05) is 6.08 Å². The Morgan fingerprint density at radius 3 is 2.89 bits per heavy atom. The quantitative estimate of drug-likeness (QED) is 0.832. The lowest BCUT2D eigenvalue weighted by Gasteiger charge is -2.22. The third-order valence-electron chi connectivity index (χ3n) is 2.08. The molecule has 18 heavy (non-hydrogen) atoms. The summed E-state index contributed by atoms with van der Waals surface area (Å²) in [5.74, 6) is 0. The molecule has 0 fully saturated rings. The lowest BCUT2D eigenvalue weighted by Crippen LogP contribution is -2.35. The Morgan fingerprint density at radius 2 is 2.39 bits per heavy atom. The highest BCUT2D eigenvalue weighted by molar-refractivity contribution is 5.68. The first kappa shape index (κ1) is 14.2. The Hall–Kier alpha value is -1.84. The molecule has 1 aromatic heterocycles. The molecule has 1 rings (SSSR count). The largest absolute Gasteiger partial charge is 0.444 e. The number of alkyl carbamates (subject to hydrolysis) is 1. The molecule has 1 radical (unpaired) electrons. The molecule has 0 aliphatic carbocycles. The van der Waals surface area contributed by atoms with Crippen LogP contribution < -0.4 is 5.32 Å². The lowest BCUT2D eigenvalue weighted by molar-refractivity contribution is 0.0503. The molecule has 1 unspecified atom stereocenters. The third kappa shape index (κ3) is 4.99. The van der Waals surface area contributed by atoms with Gasteiger partial charge >= 0.3 is 6.09 Å². The zero-order valence-electron chi connectivity index (χ0n) is 11.1. The maximum absolute atomic E-state index is 11.7. The Labute approximate surface area is 108 Å². The molecule has 0 aliphatic heterocycles. The smallest absolute Gasteiger partial charge is 0.408 e. The van der Waals surface area contributed by atoms with Crippen LogP contribution in [-0.2, 0) is 4.74 Å². The van der Waals surface area contributed by atoms with Crippen molar-refractivity contribution in [2.75, 3.05) is 0 Å². The summed E-state index contributed by atoms with van der Waals surface area (Å²) in [6.07, 6.45) is 3.50.